The monoisotopic (exact) mass is 334 g/mol. The van der Waals surface area contributed by atoms with Gasteiger partial charge < -0.3 is 5.32 Å². The molecule has 23 heavy (non-hydrogen) atoms. The smallest absolute Gasteiger partial charge is 0.244 e. The van der Waals surface area contributed by atoms with E-state index in [0.29, 0.717) is 5.56 Å². The second-order valence-electron chi connectivity index (χ2n) is 5.17. The third-order valence-corrected chi connectivity index (χ3v) is 5.58. The van der Waals surface area contributed by atoms with Gasteiger partial charge in [-0.05, 0) is 29.8 Å². The molecule has 1 aliphatic heterocycles. The van der Waals surface area contributed by atoms with Gasteiger partial charge in [0, 0.05) is 13.1 Å². The van der Waals surface area contributed by atoms with Crippen LogP contribution in [0.4, 0.5) is 4.39 Å². The third kappa shape index (κ3) is 2.97. The molecule has 1 saturated heterocycles. The quantitative estimate of drug-likeness (QED) is 0.929. The van der Waals surface area contributed by atoms with Crippen molar-refractivity contribution < 1.29 is 17.6 Å². The molecule has 1 aliphatic rings. The minimum absolute atomic E-state index is 0.127. The summed E-state index contributed by atoms with van der Waals surface area (Å²) in [5, 5.41) is 2.66. The van der Waals surface area contributed by atoms with Crippen LogP contribution in [0.1, 0.15) is 11.6 Å². The van der Waals surface area contributed by atoms with Gasteiger partial charge >= 0.3 is 0 Å². The lowest BCUT2D eigenvalue weighted by Gasteiger charge is -2.34. The van der Waals surface area contributed by atoms with Gasteiger partial charge in [-0.1, -0.05) is 30.3 Å². The van der Waals surface area contributed by atoms with E-state index in [2.05, 4.69) is 5.32 Å². The number of nitrogens with zero attached hydrogens (tertiary/aromatic N) is 1. The Kier molecular flexibility index (Phi) is 4.14. The van der Waals surface area contributed by atoms with Crippen LogP contribution in [0.25, 0.3) is 0 Å². The number of sulfonamides is 1. The fourth-order valence-electron chi connectivity index (χ4n) is 2.60. The summed E-state index contributed by atoms with van der Waals surface area (Å²) in [6.45, 7) is 0.396. The highest BCUT2D eigenvalue weighted by molar-refractivity contribution is 7.89. The molecule has 1 amide bonds. The zero-order valence-corrected chi connectivity index (χ0v) is 13.0. The summed E-state index contributed by atoms with van der Waals surface area (Å²) in [6.07, 6.45) is 0. The Balaban J connectivity index is 2.05. The Labute approximate surface area is 133 Å². The maximum absolute atomic E-state index is 13.1. The normalized spacial score (nSPS) is 19.3. The van der Waals surface area contributed by atoms with E-state index in [-0.39, 0.29) is 18.0 Å². The second-order valence-corrected chi connectivity index (χ2v) is 7.06. The van der Waals surface area contributed by atoms with Crippen molar-refractivity contribution in [1.29, 1.82) is 0 Å². The number of halogens is 1. The molecule has 1 atom stereocenters. The highest BCUT2D eigenvalue weighted by atomic mass is 32.2. The molecule has 5 nitrogen and oxygen atoms in total. The van der Waals surface area contributed by atoms with Gasteiger partial charge in [0.05, 0.1) is 4.90 Å². The highest BCUT2D eigenvalue weighted by Crippen LogP contribution is 2.29. The molecule has 1 unspecified atom stereocenters. The largest absolute Gasteiger partial charge is 0.353 e. The van der Waals surface area contributed by atoms with E-state index in [0.717, 1.165) is 4.31 Å². The van der Waals surface area contributed by atoms with Crippen molar-refractivity contribution in [1.82, 2.24) is 9.62 Å². The van der Waals surface area contributed by atoms with Gasteiger partial charge in [-0.25, -0.2) is 12.8 Å². The molecular weight excluding hydrogens is 319 g/mol. The lowest BCUT2D eigenvalue weighted by Crippen LogP contribution is -2.52. The van der Waals surface area contributed by atoms with Crippen LogP contribution in [0.2, 0.25) is 0 Å². The average molecular weight is 334 g/mol. The summed E-state index contributed by atoms with van der Waals surface area (Å²) >= 11 is 0. The van der Waals surface area contributed by atoms with Gasteiger partial charge in [-0.15, -0.1) is 0 Å². The number of piperazine rings is 1. The molecule has 1 heterocycles. The Morgan fingerprint density at radius 1 is 1.04 bits per heavy atom. The van der Waals surface area contributed by atoms with E-state index in [1.807, 2.05) is 0 Å². The summed E-state index contributed by atoms with van der Waals surface area (Å²) in [5.74, 6) is -0.857. The number of hydrogen-bond donors (Lipinski definition) is 1. The van der Waals surface area contributed by atoms with Crippen LogP contribution in [0.15, 0.2) is 59.5 Å². The number of carbonyl (C=O) groups is 1. The maximum atomic E-state index is 13.1. The van der Waals surface area contributed by atoms with Crippen LogP contribution in [0.3, 0.4) is 0 Å². The number of nitrogens with one attached hydrogen (secondary N) is 1. The van der Waals surface area contributed by atoms with E-state index in [1.54, 1.807) is 18.2 Å². The maximum Gasteiger partial charge on any atom is 0.244 e. The molecule has 0 bridgehead atoms. The van der Waals surface area contributed by atoms with Gasteiger partial charge in [0.2, 0.25) is 15.9 Å². The molecule has 1 N–H and O–H groups in total. The first-order chi connectivity index (χ1) is 11.0. The first-order valence-electron chi connectivity index (χ1n) is 7.10. The molecule has 0 aromatic heterocycles. The van der Waals surface area contributed by atoms with Crippen molar-refractivity contribution in [2.75, 3.05) is 13.1 Å². The molecule has 0 saturated carbocycles. The van der Waals surface area contributed by atoms with E-state index < -0.39 is 27.8 Å². The zero-order chi connectivity index (χ0) is 16.4. The first-order valence-corrected chi connectivity index (χ1v) is 8.54. The van der Waals surface area contributed by atoms with Crippen molar-refractivity contribution in [3.8, 4) is 0 Å². The zero-order valence-electron chi connectivity index (χ0n) is 12.1. The van der Waals surface area contributed by atoms with Crippen molar-refractivity contribution in [2.24, 2.45) is 0 Å². The van der Waals surface area contributed by atoms with E-state index >= 15 is 0 Å². The predicted molar refractivity (Wildman–Crippen MR) is 82.5 cm³/mol. The fraction of sp³-hybridized carbons (Fsp3) is 0.188. The van der Waals surface area contributed by atoms with Crippen LogP contribution in [-0.2, 0) is 14.8 Å². The second kappa shape index (κ2) is 6.10. The van der Waals surface area contributed by atoms with Gasteiger partial charge in [0.1, 0.15) is 11.9 Å². The number of amides is 1. The summed E-state index contributed by atoms with van der Waals surface area (Å²) in [7, 11) is -3.82. The fourth-order valence-corrected chi connectivity index (χ4v) is 4.19. The van der Waals surface area contributed by atoms with Gasteiger partial charge in [-0.2, -0.15) is 4.31 Å². The minimum atomic E-state index is -3.82. The molecule has 2 aromatic carbocycles. The molecule has 1 fully saturated rings. The van der Waals surface area contributed by atoms with Crippen molar-refractivity contribution in [2.45, 2.75) is 10.9 Å². The molecule has 0 spiro atoms. The van der Waals surface area contributed by atoms with Crippen LogP contribution in [0, 0.1) is 5.82 Å². The van der Waals surface area contributed by atoms with Gasteiger partial charge in [0.15, 0.2) is 0 Å². The van der Waals surface area contributed by atoms with Crippen molar-refractivity contribution >= 4 is 15.9 Å². The van der Waals surface area contributed by atoms with Crippen LogP contribution in [-0.4, -0.2) is 31.7 Å². The van der Waals surface area contributed by atoms with Crippen molar-refractivity contribution in [3.63, 3.8) is 0 Å². The standard InChI is InChI=1S/C16H15FN2O3S/c17-13-8-6-12(7-9-13)15-16(20)18-10-11-19(15)23(21,22)14-4-2-1-3-5-14/h1-9,15H,10-11H2,(H,18,20). The Hall–Kier alpha value is -2.25. The van der Waals surface area contributed by atoms with Gasteiger partial charge in [-0.3, -0.25) is 4.79 Å². The third-order valence-electron chi connectivity index (χ3n) is 3.70. The molecule has 0 radical (unpaired) electrons. The average Bonchev–Trinajstić information content (AvgIpc) is 2.56. The molecule has 0 aliphatic carbocycles. The molecule has 3 rings (SSSR count). The topological polar surface area (TPSA) is 66.5 Å². The van der Waals surface area contributed by atoms with Crippen LogP contribution >= 0.6 is 0 Å². The van der Waals surface area contributed by atoms with E-state index in [4.69, 9.17) is 0 Å². The summed E-state index contributed by atoms with van der Waals surface area (Å²) in [4.78, 5) is 12.4. The minimum Gasteiger partial charge on any atom is -0.353 e. The molecule has 120 valence electrons. The number of rotatable bonds is 3. The lowest BCUT2D eigenvalue weighted by atomic mass is 10.0. The summed E-state index contributed by atoms with van der Waals surface area (Å²) in [5.41, 5.74) is 0.433. The summed E-state index contributed by atoms with van der Waals surface area (Å²) in [6, 6.07) is 12.2. The first kappa shape index (κ1) is 15.6. The highest BCUT2D eigenvalue weighted by Gasteiger charge is 2.39. The Morgan fingerprint density at radius 2 is 1.70 bits per heavy atom. The summed E-state index contributed by atoms with van der Waals surface area (Å²) < 4.78 is 40.0. The van der Waals surface area contributed by atoms with Crippen molar-refractivity contribution in [3.05, 3.63) is 66.0 Å². The predicted octanol–water partition coefficient (Wildman–Crippen LogP) is 1.69. The molecule has 2 aromatic rings. The SMILES string of the molecule is O=C1NCCN(S(=O)(=O)c2ccccc2)C1c1ccc(F)cc1. The number of carbonyl (C=O) groups excluding carboxylic acids is 1. The number of hydrogen-bond acceptors (Lipinski definition) is 3. The van der Waals surface area contributed by atoms with E-state index in [1.165, 1.54) is 36.4 Å². The lowest BCUT2D eigenvalue weighted by molar-refractivity contribution is -0.126. The number of benzene rings is 2. The van der Waals surface area contributed by atoms with Crippen LogP contribution in [0.5, 0.6) is 0 Å². The Morgan fingerprint density at radius 3 is 2.35 bits per heavy atom. The van der Waals surface area contributed by atoms with Gasteiger partial charge in [0.25, 0.3) is 0 Å². The molecule has 7 heteroatoms. The van der Waals surface area contributed by atoms with E-state index in [9.17, 15) is 17.6 Å². The molecular formula is C16H15FN2O3S. The Bertz CT molecular complexity index is 807. The van der Waals surface area contributed by atoms with Crippen LogP contribution < -0.4 is 5.32 Å².